The van der Waals surface area contributed by atoms with E-state index in [-0.39, 0.29) is 5.91 Å². The molecule has 180 valence electrons. The highest BCUT2D eigenvalue weighted by molar-refractivity contribution is 5.94. The summed E-state index contributed by atoms with van der Waals surface area (Å²) in [5, 5.41) is 4.72. The summed E-state index contributed by atoms with van der Waals surface area (Å²) >= 11 is 0. The van der Waals surface area contributed by atoms with Gasteiger partial charge in [-0.3, -0.25) is 9.36 Å². The second-order valence-electron chi connectivity index (χ2n) is 9.55. The van der Waals surface area contributed by atoms with Crippen LogP contribution in [0.15, 0.2) is 54.8 Å². The Morgan fingerprint density at radius 3 is 2.36 bits per heavy atom. The average Bonchev–Trinajstić information content (AvgIpc) is 3.24. The summed E-state index contributed by atoms with van der Waals surface area (Å²) in [6, 6.07) is 8.44. The molecule has 0 radical (unpaired) electrons. The molecular weight excluding hydrogens is 404 g/mol. The van der Waals surface area contributed by atoms with Gasteiger partial charge in [-0.2, -0.15) is 0 Å². The van der Waals surface area contributed by atoms with Crippen LogP contribution < -0.4 is 5.32 Å². The maximum atomic E-state index is 13.0. The van der Waals surface area contributed by atoms with Crippen molar-refractivity contribution in [2.75, 3.05) is 13.1 Å². The molecule has 0 spiro atoms. The fourth-order valence-electron chi connectivity index (χ4n) is 4.92. The fourth-order valence-corrected chi connectivity index (χ4v) is 4.92. The largest absolute Gasteiger partial charge is 0.317 e. The van der Waals surface area contributed by atoms with Gasteiger partial charge in [-0.15, -0.1) is 0 Å². The summed E-state index contributed by atoms with van der Waals surface area (Å²) in [6.07, 6.45) is 26.2. The normalized spacial score (nSPS) is 15.3. The van der Waals surface area contributed by atoms with E-state index in [0.29, 0.717) is 12.3 Å². The van der Waals surface area contributed by atoms with E-state index in [1.165, 1.54) is 55.9 Å². The highest BCUT2D eigenvalue weighted by atomic mass is 16.2. The van der Waals surface area contributed by atoms with Crippen LogP contribution in [-0.4, -0.2) is 23.6 Å². The van der Waals surface area contributed by atoms with Crippen molar-refractivity contribution in [3.05, 3.63) is 60.3 Å². The van der Waals surface area contributed by atoms with Gasteiger partial charge < -0.3 is 5.32 Å². The van der Waals surface area contributed by atoms with Crippen LogP contribution in [0.25, 0.3) is 10.9 Å². The molecule has 3 nitrogen and oxygen atoms in total. The molecule has 0 bridgehead atoms. The molecular formula is C30H44N2O. The van der Waals surface area contributed by atoms with Gasteiger partial charge in [0.15, 0.2) is 0 Å². The molecule has 0 saturated carbocycles. The number of piperidine rings is 1. The first kappa shape index (κ1) is 25.5. The second kappa shape index (κ2) is 14.9. The van der Waals surface area contributed by atoms with Crippen molar-refractivity contribution in [1.29, 1.82) is 0 Å². The van der Waals surface area contributed by atoms with Crippen LogP contribution in [0.4, 0.5) is 0 Å². The number of fused-ring (bicyclic) bond motifs is 1. The first-order chi connectivity index (χ1) is 16.3. The maximum absolute atomic E-state index is 13.0. The van der Waals surface area contributed by atoms with Gasteiger partial charge >= 0.3 is 0 Å². The molecule has 0 atom stereocenters. The molecule has 0 amide bonds. The van der Waals surface area contributed by atoms with E-state index < -0.39 is 0 Å². The molecule has 1 fully saturated rings. The van der Waals surface area contributed by atoms with Crippen molar-refractivity contribution in [3.63, 3.8) is 0 Å². The van der Waals surface area contributed by atoms with E-state index in [0.717, 1.165) is 50.7 Å². The number of aromatic nitrogens is 1. The van der Waals surface area contributed by atoms with Gasteiger partial charge in [-0.25, -0.2) is 0 Å². The monoisotopic (exact) mass is 448 g/mol. The molecule has 3 rings (SSSR count). The zero-order chi connectivity index (χ0) is 23.1. The van der Waals surface area contributed by atoms with Crippen LogP contribution in [0.5, 0.6) is 0 Å². The second-order valence-corrected chi connectivity index (χ2v) is 9.55. The summed E-state index contributed by atoms with van der Waals surface area (Å²) in [4.78, 5) is 13.0. The Morgan fingerprint density at radius 2 is 1.61 bits per heavy atom. The Kier molecular flexibility index (Phi) is 11.5. The summed E-state index contributed by atoms with van der Waals surface area (Å²) in [5.41, 5.74) is 2.45. The molecule has 1 aromatic heterocycles. The van der Waals surface area contributed by atoms with Crippen molar-refractivity contribution in [1.82, 2.24) is 9.88 Å². The topological polar surface area (TPSA) is 34.0 Å². The van der Waals surface area contributed by atoms with Gasteiger partial charge in [0, 0.05) is 18.0 Å². The number of rotatable bonds is 14. The molecule has 3 heteroatoms. The van der Waals surface area contributed by atoms with Gasteiger partial charge in [-0.05, 0) is 75.6 Å². The van der Waals surface area contributed by atoms with Crippen LogP contribution >= 0.6 is 0 Å². The molecule has 1 N–H and O–H groups in total. The van der Waals surface area contributed by atoms with E-state index in [4.69, 9.17) is 0 Å². The molecule has 1 aliphatic rings. The SMILES string of the molecule is CCCCC/C=C\C=C/CCCCCCCC(=O)n1cc(C2CCNCC2)c2ccccc21. The van der Waals surface area contributed by atoms with Crippen molar-refractivity contribution < 1.29 is 4.79 Å². The maximum Gasteiger partial charge on any atom is 0.231 e. The number of carbonyl (C=O) groups excluding carboxylic acids is 1. The molecule has 2 heterocycles. The van der Waals surface area contributed by atoms with Gasteiger partial charge in [0.05, 0.1) is 5.52 Å². The smallest absolute Gasteiger partial charge is 0.231 e. The molecule has 1 saturated heterocycles. The molecule has 0 unspecified atom stereocenters. The third kappa shape index (κ3) is 8.30. The van der Waals surface area contributed by atoms with Crippen LogP contribution in [0.1, 0.15) is 107 Å². The number of carbonyl (C=O) groups is 1. The zero-order valence-electron chi connectivity index (χ0n) is 20.7. The first-order valence-corrected chi connectivity index (χ1v) is 13.5. The minimum atomic E-state index is 0.250. The predicted octanol–water partition coefficient (Wildman–Crippen LogP) is 8.17. The van der Waals surface area contributed by atoms with E-state index in [9.17, 15) is 4.79 Å². The third-order valence-electron chi connectivity index (χ3n) is 6.91. The average molecular weight is 449 g/mol. The molecule has 1 aliphatic heterocycles. The number of benzene rings is 1. The number of para-hydroxylation sites is 1. The van der Waals surface area contributed by atoms with E-state index >= 15 is 0 Å². The Bertz CT molecular complexity index is 886. The lowest BCUT2D eigenvalue weighted by atomic mass is 9.90. The standard InChI is InChI=1S/C30H44N2O/c1-2-3-4-5-6-7-8-9-10-11-12-13-14-15-20-30(33)32-25-28(26-21-23-31-24-22-26)27-18-16-17-19-29(27)32/h6-9,16-19,25-26,31H,2-5,10-15,20-24H2,1H3/b7-6-,9-8-. The van der Waals surface area contributed by atoms with Crippen molar-refractivity contribution in [2.45, 2.75) is 96.3 Å². The Labute approximate surface area is 201 Å². The molecule has 0 aliphatic carbocycles. The van der Waals surface area contributed by atoms with E-state index in [1.807, 2.05) is 4.57 Å². The Morgan fingerprint density at radius 1 is 0.939 bits per heavy atom. The van der Waals surface area contributed by atoms with E-state index in [1.54, 1.807) is 0 Å². The fraction of sp³-hybridized carbons (Fsp3) is 0.567. The van der Waals surface area contributed by atoms with Crippen LogP contribution in [0, 0.1) is 0 Å². The lowest BCUT2D eigenvalue weighted by Crippen LogP contribution is -2.26. The first-order valence-electron chi connectivity index (χ1n) is 13.5. The number of unbranched alkanes of at least 4 members (excludes halogenated alkanes) is 8. The summed E-state index contributed by atoms with van der Waals surface area (Å²) in [5.74, 6) is 0.816. The van der Waals surface area contributed by atoms with E-state index in [2.05, 4.69) is 67.0 Å². The lowest BCUT2D eigenvalue weighted by Gasteiger charge is -2.22. The quantitative estimate of drug-likeness (QED) is 0.233. The van der Waals surface area contributed by atoms with Gasteiger partial charge in [0.1, 0.15) is 0 Å². The molecule has 33 heavy (non-hydrogen) atoms. The van der Waals surface area contributed by atoms with Crippen LogP contribution in [0.3, 0.4) is 0 Å². The van der Waals surface area contributed by atoms with Crippen LogP contribution in [-0.2, 0) is 0 Å². The van der Waals surface area contributed by atoms with Gasteiger partial charge in [0.2, 0.25) is 5.91 Å². The Balaban J connectivity index is 1.35. The summed E-state index contributed by atoms with van der Waals surface area (Å²) in [7, 11) is 0. The highest BCUT2D eigenvalue weighted by Gasteiger charge is 2.21. The summed E-state index contributed by atoms with van der Waals surface area (Å²) in [6.45, 7) is 4.39. The van der Waals surface area contributed by atoms with Gasteiger partial charge in [-0.1, -0.05) is 81.5 Å². The Hall–Kier alpha value is -2.13. The number of nitrogens with one attached hydrogen (secondary N) is 1. The minimum Gasteiger partial charge on any atom is -0.317 e. The van der Waals surface area contributed by atoms with Gasteiger partial charge in [0.25, 0.3) is 0 Å². The number of hydrogen-bond donors (Lipinski definition) is 1. The third-order valence-corrected chi connectivity index (χ3v) is 6.91. The number of hydrogen-bond acceptors (Lipinski definition) is 2. The summed E-state index contributed by atoms with van der Waals surface area (Å²) < 4.78 is 1.94. The zero-order valence-corrected chi connectivity index (χ0v) is 20.7. The van der Waals surface area contributed by atoms with Crippen molar-refractivity contribution in [2.24, 2.45) is 0 Å². The number of nitrogens with zero attached hydrogens (tertiary/aromatic N) is 1. The lowest BCUT2D eigenvalue weighted by molar-refractivity contribution is 0.0904. The van der Waals surface area contributed by atoms with Crippen LogP contribution in [0.2, 0.25) is 0 Å². The van der Waals surface area contributed by atoms with Crippen molar-refractivity contribution >= 4 is 16.8 Å². The van der Waals surface area contributed by atoms with Crippen molar-refractivity contribution in [3.8, 4) is 0 Å². The molecule has 2 aromatic rings. The number of allylic oxidation sites excluding steroid dienone is 4. The molecule has 1 aromatic carbocycles. The highest BCUT2D eigenvalue weighted by Crippen LogP contribution is 2.33. The predicted molar refractivity (Wildman–Crippen MR) is 142 cm³/mol. The minimum absolute atomic E-state index is 0.250.